The summed E-state index contributed by atoms with van der Waals surface area (Å²) in [6.07, 6.45) is 4.57. The minimum absolute atomic E-state index is 0.150. The number of nitrogens with zero attached hydrogens (tertiary/aromatic N) is 1. The van der Waals surface area contributed by atoms with Crippen LogP contribution in [-0.4, -0.2) is 30.4 Å². The van der Waals surface area contributed by atoms with Crippen molar-refractivity contribution in [2.75, 3.05) is 13.3 Å². The summed E-state index contributed by atoms with van der Waals surface area (Å²) in [5, 5.41) is 0. The average Bonchev–Trinajstić information content (AvgIpc) is 2.82. The van der Waals surface area contributed by atoms with Crippen LogP contribution in [-0.2, 0) is 0 Å². The van der Waals surface area contributed by atoms with Gasteiger partial charge in [0.2, 0.25) is 0 Å². The fourth-order valence-electron chi connectivity index (χ4n) is 1.59. The fraction of sp³-hybridized carbons (Fsp3) is 0.250. The van der Waals surface area contributed by atoms with Gasteiger partial charge in [-0.15, -0.1) is 6.42 Å². The van der Waals surface area contributed by atoms with Crippen molar-refractivity contribution < 1.29 is 9.53 Å². The molecule has 4 N–H and O–H groups in total. The maximum Gasteiger partial charge on any atom is 0.257 e. The number of terminal acetylenes is 1. The number of carbonyl (C=O) groups excluding carboxylic acids is 1. The molecule has 6 nitrogen and oxygen atoms in total. The van der Waals surface area contributed by atoms with Crippen molar-refractivity contribution in [2.45, 2.75) is 6.29 Å². The van der Waals surface area contributed by atoms with Crippen molar-refractivity contribution in [1.29, 1.82) is 0 Å². The van der Waals surface area contributed by atoms with Crippen LogP contribution in [0.5, 0.6) is 5.75 Å². The Bertz CT molecular complexity index is 466. The van der Waals surface area contributed by atoms with Crippen molar-refractivity contribution >= 4 is 5.91 Å². The summed E-state index contributed by atoms with van der Waals surface area (Å²) in [7, 11) is 0. The zero-order valence-corrected chi connectivity index (χ0v) is 9.72. The number of rotatable bonds is 3. The molecule has 1 aliphatic heterocycles. The van der Waals surface area contributed by atoms with E-state index in [0.29, 0.717) is 18.0 Å². The van der Waals surface area contributed by atoms with Gasteiger partial charge in [-0.05, 0) is 24.3 Å². The van der Waals surface area contributed by atoms with E-state index in [2.05, 4.69) is 16.8 Å². The second-order valence-electron chi connectivity index (χ2n) is 3.72. The van der Waals surface area contributed by atoms with Gasteiger partial charge in [-0.3, -0.25) is 15.4 Å². The van der Waals surface area contributed by atoms with Crippen LogP contribution < -0.4 is 21.3 Å². The number of carbonyl (C=O) groups is 1. The van der Waals surface area contributed by atoms with Crippen molar-refractivity contribution in [3.63, 3.8) is 0 Å². The minimum Gasteiger partial charge on any atom is -0.481 e. The standard InChI is InChI=1S/C12H14N4O2/c1-2-7-18-10-5-3-9(4-6-10)11(17)16-8-14-15-12(16)13/h1,3-6,12,14-15H,7-8,13H2. The molecule has 94 valence electrons. The van der Waals surface area contributed by atoms with Crippen molar-refractivity contribution in [1.82, 2.24) is 15.8 Å². The molecule has 1 unspecified atom stereocenters. The lowest BCUT2D eigenvalue weighted by Gasteiger charge is -2.19. The summed E-state index contributed by atoms with van der Waals surface area (Å²) in [6.45, 7) is 0.577. The molecular formula is C12H14N4O2. The molecule has 6 heteroatoms. The Morgan fingerprint density at radius 2 is 2.28 bits per heavy atom. The molecule has 1 amide bonds. The molecule has 1 fully saturated rings. The molecular weight excluding hydrogens is 232 g/mol. The topological polar surface area (TPSA) is 79.6 Å². The van der Waals surface area contributed by atoms with Crippen LogP contribution in [0.2, 0.25) is 0 Å². The van der Waals surface area contributed by atoms with E-state index in [9.17, 15) is 4.79 Å². The molecule has 0 aliphatic carbocycles. The number of nitrogens with one attached hydrogen (secondary N) is 2. The van der Waals surface area contributed by atoms with Crippen molar-refractivity contribution in [2.24, 2.45) is 5.73 Å². The normalized spacial score (nSPS) is 18.4. The lowest BCUT2D eigenvalue weighted by atomic mass is 10.2. The van der Waals surface area contributed by atoms with Crippen LogP contribution in [0, 0.1) is 12.3 Å². The largest absolute Gasteiger partial charge is 0.481 e. The first-order valence-electron chi connectivity index (χ1n) is 5.43. The van der Waals surface area contributed by atoms with Gasteiger partial charge in [0.25, 0.3) is 5.91 Å². The Hall–Kier alpha value is -2.07. The first kappa shape index (κ1) is 12.4. The highest BCUT2D eigenvalue weighted by Gasteiger charge is 2.25. The van der Waals surface area contributed by atoms with Crippen LogP contribution in [0.1, 0.15) is 10.4 Å². The number of ether oxygens (including phenoxy) is 1. The fourth-order valence-corrected chi connectivity index (χ4v) is 1.59. The maximum absolute atomic E-state index is 12.1. The highest BCUT2D eigenvalue weighted by molar-refractivity contribution is 5.94. The van der Waals surface area contributed by atoms with Gasteiger partial charge < -0.3 is 4.74 Å². The second-order valence-corrected chi connectivity index (χ2v) is 3.72. The summed E-state index contributed by atoms with van der Waals surface area (Å²) in [5.41, 5.74) is 11.8. The predicted octanol–water partition coefficient (Wildman–Crippen LogP) is -0.552. The monoisotopic (exact) mass is 246 g/mol. The summed E-state index contributed by atoms with van der Waals surface area (Å²) < 4.78 is 5.23. The molecule has 1 heterocycles. The predicted molar refractivity (Wildman–Crippen MR) is 66.1 cm³/mol. The number of benzene rings is 1. The third-order valence-electron chi connectivity index (χ3n) is 2.52. The molecule has 1 aromatic carbocycles. The molecule has 0 radical (unpaired) electrons. The number of hydrazine groups is 1. The van der Waals surface area contributed by atoms with E-state index in [-0.39, 0.29) is 12.5 Å². The smallest absolute Gasteiger partial charge is 0.257 e. The van der Waals surface area contributed by atoms with E-state index in [0.717, 1.165) is 0 Å². The van der Waals surface area contributed by atoms with Gasteiger partial charge in [0.15, 0.2) is 0 Å². The quantitative estimate of drug-likeness (QED) is 0.624. The van der Waals surface area contributed by atoms with E-state index < -0.39 is 6.29 Å². The number of hydrogen-bond acceptors (Lipinski definition) is 5. The van der Waals surface area contributed by atoms with Gasteiger partial charge in [0, 0.05) is 5.56 Å². The molecule has 0 bridgehead atoms. The van der Waals surface area contributed by atoms with Crippen molar-refractivity contribution in [3.8, 4) is 18.1 Å². The first-order valence-corrected chi connectivity index (χ1v) is 5.43. The Labute approximate surface area is 105 Å². The molecule has 2 rings (SSSR count). The number of amides is 1. The third-order valence-corrected chi connectivity index (χ3v) is 2.52. The van der Waals surface area contributed by atoms with Crippen LogP contribution in [0.15, 0.2) is 24.3 Å². The summed E-state index contributed by atoms with van der Waals surface area (Å²) in [6, 6.07) is 6.76. The molecule has 18 heavy (non-hydrogen) atoms. The SMILES string of the molecule is C#CCOc1ccc(C(=O)N2CNNC2N)cc1. The molecule has 1 saturated heterocycles. The van der Waals surface area contributed by atoms with Crippen molar-refractivity contribution in [3.05, 3.63) is 29.8 Å². The lowest BCUT2D eigenvalue weighted by Crippen LogP contribution is -2.46. The number of nitrogens with two attached hydrogens (primary N) is 1. The number of hydrogen-bond donors (Lipinski definition) is 3. The summed E-state index contributed by atoms with van der Waals surface area (Å²) in [4.78, 5) is 13.6. The Balaban J connectivity index is 2.05. The van der Waals surface area contributed by atoms with Crippen LogP contribution in [0.25, 0.3) is 0 Å². The van der Waals surface area contributed by atoms with Gasteiger partial charge in [-0.1, -0.05) is 5.92 Å². The van der Waals surface area contributed by atoms with E-state index in [1.54, 1.807) is 24.3 Å². The molecule has 1 atom stereocenters. The second kappa shape index (κ2) is 5.51. The van der Waals surface area contributed by atoms with E-state index >= 15 is 0 Å². The Morgan fingerprint density at radius 3 is 2.83 bits per heavy atom. The molecule has 0 spiro atoms. The van der Waals surface area contributed by atoms with Crippen LogP contribution in [0.3, 0.4) is 0 Å². The van der Waals surface area contributed by atoms with Gasteiger partial charge in [0.05, 0.1) is 6.67 Å². The van der Waals surface area contributed by atoms with Crippen LogP contribution >= 0.6 is 0 Å². The van der Waals surface area contributed by atoms with Gasteiger partial charge >= 0.3 is 0 Å². The van der Waals surface area contributed by atoms with Gasteiger partial charge in [-0.25, -0.2) is 10.9 Å². The zero-order chi connectivity index (χ0) is 13.0. The minimum atomic E-state index is -0.519. The third kappa shape index (κ3) is 2.60. The molecule has 0 aromatic heterocycles. The van der Waals surface area contributed by atoms with Gasteiger partial charge in [0.1, 0.15) is 18.6 Å². The lowest BCUT2D eigenvalue weighted by molar-refractivity contribution is 0.0731. The maximum atomic E-state index is 12.1. The summed E-state index contributed by atoms with van der Waals surface area (Å²) in [5.74, 6) is 2.86. The highest BCUT2D eigenvalue weighted by atomic mass is 16.5. The van der Waals surface area contributed by atoms with E-state index in [4.69, 9.17) is 16.9 Å². The zero-order valence-electron chi connectivity index (χ0n) is 9.72. The van der Waals surface area contributed by atoms with E-state index in [1.165, 1.54) is 4.90 Å². The summed E-state index contributed by atoms with van der Waals surface area (Å²) >= 11 is 0. The Morgan fingerprint density at radius 1 is 1.56 bits per heavy atom. The van der Waals surface area contributed by atoms with Crippen LogP contribution in [0.4, 0.5) is 0 Å². The average molecular weight is 246 g/mol. The highest BCUT2D eigenvalue weighted by Crippen LogP contribution is 2.14. The van der Waals surface area contributed by atoms with E-state index in [1.807, 2.05) is 0 Å². The Kier molecular flexibility index (Phi) is 3.79. The molecule has 1 aliphatic rings. The van der Waals surface area contributed by atoms with Gasteiger partial charge in [-0.2, -0.15) is 0 Å². The first-order chi connectivity index (χ1) is 8.72. The molecule has 1 aromatic rings. The molecule has 0 saturated carbocycles.